The van der Waals surface area contributed by atoms with Crippen LogP contribution in [0.15, 0.2) is 72.8 Å². The van der Waals surface area contributed by atoms with Gasteiger partial charge in [0.2, 0.25) is 0 Å². The summed E-state index contributed by atoms with van der Waals surface area (Å²) in [6.07, 6.45) is -0.0918. The summed E-state index contributed by atoms with van der Waals surface area (Å²) in [5.41, 5.74) is 1.94. The zero-order valence-corrected chi connectivity index (χ0v) is 18.3. The van der Waals surface area contributed by atoms with Crippen LogP contribution < -0.4 is 19.7 Å². The molecule has 8 heteroatoms. The van der Waals surface area contributed by atoms with Gasteiger partial charge in [-0.3, -0.25) is 9.59 Å². The van der Waals surface area contributed by atoms with Crippen LogP contribution in [0.25, 0.3) is 0 Å². The van der Waals surface area contributed by atoms with Crippen molar-refractivity contribution in [2.24, 2.45) is 0 Å². The van der Waals surface area contributed by atoms with Crippen LogP contribution in [0.1, 0.15) is 17.3 Å². The molecule has 0 aliphatic carbocycles. The monoisotopic (exact) mass is 452 g/mol. The average Bonchev–Trinajstić information content (AvgIpc) is 2.78. The van der Waals surface area contributed by atoms with E-state index in [-0.39, 0.29) is 12.0 Å². The molecule has 0 bridgehead atoms. The summed E-state index contributed by atoms with van der Waals surface area (Å²) in [5, 5.41) is 10.1. The molecule has 172 valence electrons. The second-order valence-corrected chi connectivity index (χ2v) is 7.41. The Kier molecular flexibility index (Phi) is 7.86. The van der Waals surface area contributed by atoms with Gasteiger partial charge >= 0.3 is 0 Å². The highest BCUT2D eigenvalue weighted by atomic mass is 19.1. The molecule has 1 amide bonds. The van der Waals surface area contributed by atoms with Gasteiger partial charge in [0.1, 0.15) is 30.0 Å². The molecule has 1 atom stereocenters. The van der Waals surface area contributed by atoms with Crippen LogP contribution in [0.4, 0.5) is 15.8 Å². The van der Waals surface area contributed by atoms with Crippen molar-refractivity contribution >= 4 is 23.3 Å². The number of ether oxygens (including phenoxy) is 2. The van der Waals surface area contributed by atoms with Crippen LogP contribution >= 0.6 is 0 Å². The van der Waals surface area contributed by atoms with Crippen LogP contribution in [0.3, 0.4) is 0 Å². The molecule has 0 aromatic heterocycles. The zero-order valence-electron chi connectivity index (χ0n) is 18.3. The minimum atomic E-state index is -0.833. The normalized spacial score (nSPS) is 14.2. The van der Waals surface area contributed by atoms with Gasteiger partial charge in [0.15, 0.2) is 0 Å². The molecule has 0 spiro atoms. The third-order valence-electron chi connectivity index (χ3n) is 4.68. The number of para-hydroxylation sites is 2. The van der Waals surface area contributed by atoms with Gasteiger partial charge in [-0.15, -0.1) is 0 Å². The molecule has 4 rings (SSSR count). The smallest absolute Gasteiger partial charge is 0.300 e. The lowest BCUT2D eigenvalue weighted by Gasteiger charge is -2.33. The van der Waals surface area contributed by atoms with E-state index in [0.717, 1.165) is 24.9 Å². The van der Waals surface area contributed by atoms with Gasteiger partial charge in [-0.2, -0.15) is 0 Å². The Bertz CT molecular complexity index is 1100. The summed E-state index contributed by atoms with van der Waals surface area (Å²) in [6, 6.07) is 20.5. The van der Waals surface area contributed by atoms with Gasteiger partial charge in [-0.05, 0) is 54.6 Å². The van der Waals surface area contributed by atoms with E-state index in [0.29, 0.717) is 23.6 Å². The van der Waals surface area contributed by atoms with Gasteiger partial charge in [0.05, 0.1) is 12.2 Å². The Morgan fingerprint density at radius 2 is 1.82 bits per heavy atom. The largest absolute Gasteiger partial charge is 0.490 e. The number of halogens is 1. The quantitative estimate of drug-likeness (QED) is 0.595. The molecule has 1 heterocycles. The number of hydrogen-bond donors (Lipinski definition) is 2. The molecule has 0 unspecified atom stereocenters. The average molecular weight is 452 g/mol. The first-order valence-corrected chi connectivity index (χ1v) is 10.3. The van der Waals surface area contributed by atoms with E-state index >= 15 is 0 Å². The van der Waals surface area contributed by atoms with Crippen molar-refractivity contribution in [3.63, 3.8) is 0 Å². The summed E-state index contributed by atoms with van der Waals surface area (Å²) in [6.45, 7) is 2.21. The number of anilines is 2. The molecule has 1 aliphatic rings. The zero-order chi connectivity index (χ0) is 23.8. The molecule has 1 aliphatic heterocycles. The van der Waals surface area contributed by atoms with E-state index < -0.39 is 11.8 Å². The molecular weight excluding hydrogens is 427 g/mol. The Labute approximate surface area is 191 Å². The van der Waals surface area contributed by atoms with Crippen molar-refractivity contribution in [3.8, 4) is 11.5 Å². The van der Waals surface area contributed by atoms with E-state index in [1.807, 2.05) is 31.3 Å². The van der Waals surface area contributed by atoms with E-state index in [1.54, 1.807) is 36.4 Å². The number of nitrogens with zero attached hydrogens (tertiary/aromatic N) is 1. The van der Waals surface area contributed by atoms with Crippen molar-refractivity contribution in [1.29, 1.82) is 0 Å². The molecule has 7 nitrogen and oxygen atoms in total. The number of carbonyl (C=O) groups excluding carboxylic acids is 1. The Morgan fingerprint density at radius 1 is 1.12 bits per heavy atom. The lowest BCUT2D eigenvalue weighted by atomic mass is 10.2. The molecule has 0 saturated carbocycles. The number of hydrogen-bond acceptors (Lipinski definition) is 5. The Hall–Kier alpha value is -4.07. The molecule has 0 radical (unpaired) electrons. The van der Waals surface area contributed by atoms with Crippen molar-refractivity contribution in [3.05, 3.63) is 84.2 Å². The fourth-order valence-electron chi connectivity index (χ4n) is 3.24. The SMILES string of the molecule is CC(=O)O.CN1C[C@@H](COc2ccc(C(=O)Nc3cccc(F)c3)cc2)Oc2ccccc21. The maximum Gasteiger partial charge on any atom is 0.300 e. The highest BCUT2D eigenvalue weighted by molar-refractivity contribution is 6.04. The van der Waals surface area contributed by atoms with Gasteiger partial charge < -0.3 is 24.8 Å². The number of carbonyl (C=O) groups is 2. The van der Waals surface area contributed by atoms with Crippen LogP contribution in [-0.4, -0.2) is 43.3 Å². The number of benzene rings is 3. The van der Waals surface area contributed by atoms with Gasteiger partial charge in [-0.1, -0.05) is 18.2 Å². The first-order valence-electron chi connectivity index (χ1n) is 10.3. The predicted octanol–water partition coefficient (Wildman–Crippen LogP) is 4.45. The van der Waals surface area contributed by atoms with Crippen LogP contribution in [-0.2, 0) is 4.79 Å². The highest BCUT2D eigenvalue weighted by Gasteiger charge is 2.23. The number of carboxylic acid groups (broad SMARTS) is 1. The second-order valence-electron chi connectivity index (χ2n) is 7.41. The van der Waals surface area contributed by atoms with Gasteiger partial charge in [0, 0.05) is 25.2 Å². The van der Waals surface area contributed by atoms with E-state index in [4.69, 9.17) is 19.4 Å². The summed E-state index contributed by atoms with van der Waals surface area (Å²) in [7, 11) is 2.03. The summed E-state index contributed by atoms with van der Waals surface area (Å²) in [5.74, 6) is -0.0441. The highest BCUT2D eigenvalue weighted by Crippen LogP contribution is 2.32. The topological polar surface area (TPSA) is 88.1 Å². The molecule has 3 aromatic carbocycles. The lowest BCUT2D eigenvalue weighted by molar-refractivity contribution is -0.134. The van der Waals surface area contributed by atoms with Crippen molar-refractivity contribution in [2.75, 3.05) is 30.4 Å². The van der Waals surface area contributed by atoms with Crippen molar-refractivity contribution in [2.45, 2.75) is 13.0 Å². The fourth-order valence-corrected chi connectivity index (χ4v) is 3.24. The Balaban J connectivity index is 0.000000709. The van der Waals surface area contributed by atoms with E-state index in [1.165, 1.54) is 12.1 Å². The maximum atomic E-state index is 13.2. The van der Waals surface area contributed by atoms with Crippen molar-refractivity contribution < 1.29 is 28.6 Å². The predicted molar refractivity (Wildman–Crippen MR) is 124 cm³/mol. The molecule has 2 N–H and O–H groups in total. The number of aliphatic carboxylic acids is 1. The number of carboxylic acids is 1. The standard InChI is InChI=1S/C23H21FN2O3.C2H4O2/c1-26-14-20(29-22-8-3-2-7-21(22)26)15-28-19-11-9-16(10-12-19)23(27)25-18-6-4-5-17(24)13-18;1-2(3)4/h2-13,20H,14-15H2,1H3,(H,25,27);1H3,(H,3,4)/t20-;/m0./s1. The number of fused-ring (bicyclic) bond motifs is 1. The van der Waals surface area contributed by atoms with Crippen LogP contribution in [0.2, 0.25) is 0 Å². The number of nitrogens with one attached hydrogen (secondary N) is 1. The van der Waals surface area contributed by atoms with Crippen molar-refractivity contribution in [1.82, 2.24) is 0 Å². The third kappa shape index (κ3) is 6.96. The Morgan fingerprint density at radius 3 is 2.52 bits per heavy atom. The van der Waals surface area contributed by atoms with Gasteiger partial charge in [0.25, 0.3) is 11.9 Å². The minimum absolute atomic E-state index is 0.0918. The minimum Gasteiger partial charge on any atom is -0.490 e. The molecular formula is C25H25FN2O5. The maximum absolute atomic E-state index is 13.2. The van der Waals surface area contributed by atoms with E-state index in [2.05, 4.69) is 10.2 Å². The first-order chi connectivity index (χ1) is 15.8. The first kappa shape index (κ1) is 23.6. The lowest BCUT2D eigenvalue weighted by Crippen LogP contribution is -2.41. The molecule has 3 aromatic rings. The number of amides is 1. The summed E-state index contributed by atoms with van der Waals surface area (Å²) in [4.78, 5) is 23.4. The third-order valence-corrected chi connectivity index (χ3v) is 4.68. The summed E-state index contributed by atoms with van der Waals surface area (Å²) < 4.78 is 25.1. The van der Waals surface area contributed by atoms with Crippen LogP contribution in [0, 0.1) is 5.82 Å². The van der Waals surface area contributed by atoms with Gasteiger partial charge in [-0.25, -0.2) is 4.39 Å². The molecule has 0 fully saturated rings. The fraction of sp³-hybridized carbons (Fsp3) is 0.200. The molecule has 0 saturated heterocycles. The van der Waals surface area contributed by atoms with Crippen LogP contribution in [0.5, 0.6) is 11.5 Å². The number of rotatable bonds is 5. The second kappa shape index (κ2) is 11.0. The number of likely N-dealkylation sites (N-methyl/N-ethyl adjacent to an activating group) is 1. The summed E-state index contributed by atoms with van der Waals surface area (Å²) >= 11 is 0. The molecule has 33 heavy (non-hydrogen) atoms. The van der Waals surface area contributed by atoms with E-state index in [9.17, 15) is 9.18 Å².